The zero-order valence-corrected chi connectivity index (χ0v) is 6.69. The molecule has 44 valence electrons. The summed E-state index contributed by atoms with van der Waals surface area (Å²) in [4.78, 5) is 0. The summed E-state index contributed by atoms with van der Waals surface area (Å²) in [6.45, 7) is 0. The minimum atomic E-state index is 1.10. The van der Waals surface area contributed by atoms with Gasteiger partial charge < -0.3 is 0 Å². The summed E-state index contributed by atoms with van der Waals surface area (Å²) < 4.78 is 14.9. The molecule has 0 spiro atoms. The highest BCUT2D eigenvalue weighted by atomic mass is 32.2. The fourth-order valence-electron chi connectivity index (χ4n) is 0.114. The van der Waals surface area contributed by atoms with Gasteiger partial charge in [0.05, 0.1) is 22.7 Å². The van der Waals surface area contributed by atoms with E-state index in [9.17, 15) is 0 Å². The van der Waals surface area contributed by atoms with Gasteiger partial charge in [-0.1, -0.05) is 0 Å². The van der Waals surface area contributed by atoms with Gasteiger partial charge in [0.15, 0.2) is 0 Å². The van der Waals surface area contributed by atoms with Crippen LogP contribution in [0.2, 0.25) is 0 Å². The molecule has 4 nitrogen and oxygen atoms in total. The first-order valence-corrected chi connectivity index (χ1v) is 4.38. The van der Waals surface area contributed by atoms with Gasteiger partial charge in [0.2, 0.25) is 0 Å². The largest absolute Gasteiger partial charge is 0.143 e. The standard InChI is InChI=1S/N4S4/c1-5-2-7-4-8-3-6-1. The predicted octanol–water partition coefficient (Wildman–Crippen LogP) is 2.03. The maximum Gasteiger partial charge on any atom is 0.143 e. The van der Waals surface area contributed by atoms with E-state index in [-0.39, 0.29) is 0 Å². The van der Waals surface area contributed by atoms with Gasteiger partial charge in [-0.05, 0) is 0 Å². The second kappa shape index (κ2) is 4.24. The summed E-state index contributed by atoms with van der Waals surface area (Å²) in [5, 5.41) is 0. The lowest BCUT2D eigenvalue weighted by Crippen LogP contribution is -1.45. The van der Waals surface area contributed by atoms with Crippen LogP contribution in [0.3, 0.4) is 0 Å². The minimum Gasteiger partial charge on any atom is -0.115 e. The molecule has 0 atom stereocenters. The van der Waals surface area contributed by atoms with E-state index in [4.69, 9.17) is 0 Å². The van der Waals surface area contributed by atoms with E-state index in [0.717, 1.165) is 47.0 Å². The van der Waals surface area contributed by atoms with Crippen LogP contribution in [0, 0.1) is 0 Å². The molecule has 0 aromatic carbocycles. The molecule has 0 aromatic rings. The average Bonchev–Trinajstić information content (AvgIpc) is 1.62. The van der Waals surface area contributed by atoms with Crippen LogP contribution < -0.4 is 0 Å². The lowest BCUT2D eigenvalue weighted by molar-refractivity contribution is 1.90. The molecule has 0 aromatic heterocycles. The van der Waals surface area contributed by atoms with Crippen LogP contribution in [0.4, 0.5) is 0 Å². The van der Waals surface area contributed by atoms with Crippen molar-refractivity contribution >= 4 is 47.0 Å². The molecule has 1 rings (SSSR count). The van der Waals surface area contributed by atoms with Crippen LogP contribution in [-0.2, 0) is 22.7 Å². The van der Waals surface area contributed by atoms with Gasteiger partial charge in [-0.15, -0.1) is 15.1 Å². The molecule has 1 aliphatic rings. The average molecular weight is 184 g/mol. The fraction of sp³-hybridized carbons (Fsp3) is 0. The summed E-state index contributed by atoms with van der Waals surface area (Å²) in [7, 11) is 0. The normalized spacial score (nSPS) is 18.0. The Bertz CT molecular complexity index is 146. The van der Waals surface area contributed by atoms with Gasteiger partial charge in [-0.3, -0.25) is 0 Å². The van der Waals surface area contributed by atoms with Crippen molar-refractivity contribution < 1.29 is 0 Å². The van der Waals surface area contributed by atoms with Gasteiger partial charge in [0, 0.05) is 0 Å². The number of hydrogen-bond donors (Lipinski definition) is 0. The van der Waals surface area contributed by atoms with Crippen molar-refractivity contribution in [1.29, 1.82) is 0 Å². The molecule has 0 radical (unpaired) electrons. The first-order chi connectivity index (χ1) is 4.00. The summed E-state index contributed by atoms with van der Waals surface area (Å²) in [5.41, 5.74) is 0. The zero-order chi connectivity index (χ0) is 5.66. The summed E-state index contributed by atoms with van der Waals surface area (Å²) in [5.74, 6) is 0. The predicted molar refractivity (Wildman–Crippen MR) is 39.6 cm³/mol. The smallest absolute Gasteiger partial charge is 0.115 e. The molecule has 0 fully saturated rings. The van der Waals surface area contributed by atoms with E-state index in [1.165, 1.54) is 0 Å². The maximum atomic E-state index is 3.73. The van der Waals surface area contributed by atoms with Crippen molar-refractivity contribution in [3.05, 3.63) is 0 Å². The minimum absolute atomic E-state index is 1.10. The summed E-state index contributed by atoms with van der Waals surface area (Å²) in [6, 6.07) is 0. The van der Waals surface area contributed by atoms with Crippen LogP contribution in [0.15, 0.2) is 15.1 Å². The molecule has 0 unspecified atom stereocenters. The van der Waals surface area contributed by atoms with E-state index >= 15 is 0 Å². The monoisotopic (exact) mass is 184 g/mol. The second-order valence-electron chi connectivity index (χ2n) is 0.625. The molecule has 1 heterocycles. The summed E-state index contributed by atoms with van der Waals surface area (Å²) in [6.07, 6.45) is 0. The van der Waals surface area contributed by atoms with E-state index < -0.39 is 0 Å². The maximum absolute atomic E-state index is 3.73. The third-order valence-electron chi connectivity index (χ3n) is 0.267. The lowest BCUT2D eigenvalue weighted by atomic mass is 13.8. The quantitative estimate of drug-likeness (QED) is 0.541. The van der Waals surface area contributed by atoms with E-state index in [1.54, 1.807) is 0 Å². The molecule has 0 N–H and O–H groups in total. The molecule has 0 aliphatic carbocycles. The van der Waals surface area contributed by atoms with Crippen molar-refractivity contribution in [2.75, 3.05) is 0 Å². The molecule has 0 bridgehead atoms. The zero-order valence-electron chi connectivity index (χ0n) is 3.42. The highest BCUT2D eigenvalue weighted by Gasteiger charge is 1.75. The van der Waals surface area contributed by atoms with Crippen LogP contribution in [0.5, 0.6) is 0 Å². The van der Waals surface area contributed by atoms with Gasteiger partial charge in [0.25, 0.3) is 0 Å². The van der Waals surface area contributed by atoms with Crippen molar-refractivity contribution in [1.82, 2.24) is 0 Å². The molecule has 0 amide bonds. The van der Waals surface area contributed by atoms with Crippen LogP contribution in [-0.4, -0.2) is 0 Å². The van der Waals surface area contributed by atoms with Crippen molar-refractivity contribution in [3.63, 3.8) is 0 Å². The Morgan fingerprint density at radius 1 is 0.625 bits per heavy atom. The molecule has 8 heavy (non-hydrogen) atoms. The fourth-order valence-corrected chi connectivity index (χ4v) is 2.01. The summed E-state index contributed by atoms with van der Waals surface area (Å²) >= 11 is 4.42. The SMILES string of the molecule is N1=S=NSN=S=NS1. The van der Waals surface area contributed by atoms with Gasteiger partial charge >= 0.3 is 0 Å². The second-order valence-corrected chi connectivity index (χ2v) is 3.66. The number of rotatable bonds is 0. The van der Waals surface area contributed by atoms with Gasteiger partial charge in [-0.25, -0.2) is 0 Å². The van der Waals surface area contributed by atoms with Gasteiger partial charge in [-0.2, -0.15) is 0 Å². The number of nitrogens with zero attached hydrogens (tertiary/aromatic N) is 4. The topological polar surface area (TPSA) is 49.4 Å². The molecule has 0 saturated carbocycles. The third-order valence-corrected chi connectivity index (χ3v) is 2.40. The van der Waals surface area contributed by atoms with Crippen LogP contribution >= 0.6 is 24.3 Å². The van der Waals surface area contributed by atoms with Crippen molar-refractivity contribution in [2.45, 2.75) is 0 Å². The highest BCUT2D eigenvalue weighted by molar-refractivity contribution is 8.07. The lowest BCUT2D eigenvalue weighted by Gasteiger charge is -1.73. The molecular formula is N4S4. The Morgan fingerprint density at radius 2 is 1.00 bits per heavy atom. The van der Waals surface area contributed by atoms with Gasteiger partial charge in [0.1, 0.15) is 24.3 Å². The van der Waals surface area contributed by atoms with E-state index in [0.29, 0.717) is 0 Å². The number of hydrogen-bond acceptors (Lipinski definition) is 6. The Balaban J connectivity index is 2.67. The Kier molecular flexibility index (Phi) is 3.43. The van der Waals surface area contributed by atoms with E-state index in [1.807, 2.05) is 0 Å². The molecule has 0 saturated heterocycles. The van der Waals surface area contributed by atoms with Crippen molar-refractivity contribution in [3.8, 4) is 0 Å². The molecular weight excluding hydrogens is 184 g/mol. The first-order valence-electron chi connectivity index (χ1n) is 1.46. The Labute approximate surface area is 62.1 Å². The Morgan fingerprint density at radius 3 is 1.38 bits per heavy atom. The molecule has 8 heteroatoms. The third kappa shape index (κ3) is 2.60. The van der Waals surface area contributed by atoms with E-state index in [2.05, 4.69) is 15.1 Å². The van der Waals surface area contributed by atoms with Crippen LogP contribution in [0.1, 0.15) is 0 Å². The van der Waals surface area contributed by atoms with Crippen LogP contribution in [0.25, 0.3) is 0 Å². The Hall–Kier alpha value is 0.340. The molecule has 1 aliphatic heterocycles. The highest BCUT2D eigenvalue weighted by Crippen LogP contribution is 2.08. The van der Waals surface area contributed by atoms with Crippen molar-refractivity contribution in [2.24, 2.45) is 15.1 Å². The first kappa shape index (κ1) is 6.46.